The Labute approximate surface area is 174 Å². The third-order valence-electron chi connectivity index (χ3n) is 4.98. The van der Waals surface area contributed by atoms with E-state index >= 15 is 0 Å². The number of nitrogens with zero attached hydrogens (tertiary/aromatic N) is 1. The molecule has 0 aliphatic rings. The molecule has 3 aromatic carbocycles. The van der Waals surface area contributed by atoms with Gasteiger partial charge in [0.2, 0.25) is 0 Å². The van der Waals surface area contributed by atoms with E-state index in [1.54, 1.807) is 0 Å². The van der Waals surface area contributed by atoms with Crippen molar-refractivity contribution >= 4 is 0 Å². The van der Waals surface area contributed by atoms with Gasteiger partial charge in [-0.15, -0.1) is 0 Å². The van der Waals surface area contributed by atoms with Gasteiger partial charge in [0, 0.05) is 5.56 Å². The Morgan fingerprint density at radius 2 is 1.45 bits per heavy atom. The Morgan fingerprint density at radius 3 is 2.10 bits per heavy atom. The molecule has 1 atom stereocenters. The molecule has 148 valence electrons. The van der Waals surface area contributed by atoms with E-state index in [1.165, 1.54) is 29.9 Å². The zero-order valence-electron chi connectivity index (χ0n) is 17.1. The zero-order valence-corrected chi connectivity index (χ0v) is 17.1. The zero-order chi connectivity index (χ0) is 20.3. The summed E-state index contributed by atoms with van der Waals surface area (Å²) in [7, 11) is 0. The number of aryl methyl sites for hydroxylation is 1. The van der Waals surface area contributed by atoms with Crippen molar-refractivity contribution in [3.63, 3.8) is 0 Å². The van der Waals surface area contributed by atoms with Crippen LogP contribution in [0.15, 0.2) is 84.9 Å². The average molecular weight is 384 g/mol. The normalized spacial score (nSPS) is 11.7. The molecule has 2 nitrogen and oxygen atoms in total. The molecule has 0 aliphatic heterocycles. The molecular weight excluding hydrogens is 354 g/mol. The first kappa shape index (κ1) is 20.9. The molecule has 0 heterocycles. The lowest BCUT2D eigenvalue weighted by Crippen LogP contribution is -2.24. The smallest absolute Gasteiger partial charge is 0.121 e. The maximum atomic E-state index is 10.8. The molecule has 0 aromatic heterocycles. The van der Waals surface area contributed by atoms with Crippen LogP contribution in [-0.4, -0.2) is 10.3 Å². The molecule has 0 radical (unpaired) electrons. The van der Waals surface area contributed by atoms with Crippen LogP contribution in [0.2, 0.25) is 0 Å². The summed E-state index contributed by atoms with van der Waals surface area (Å²) in [6, 6.07) is 28.0. The minimum atomic E-state index is -0.388. The molecule has 29 heavy (non-hydrogen) atoms. The molecule has 1 unspecified atom stereocenters. The van der Waals surface area contributed by atoms with Crippen LogP contribution in [0.3, 0.4) is 0 Å². The molecule has 3 rings (SSSR count). The van der Waals surface area contributed by atoms with E-state index in [0.717, 1.165) is 23.1 Å². The Balaban J connectivity index is 1.75. The molecule has 0 saturated carbocycles. The Morgan fingerprint density at radius 1 is 0.793 bits per heavy atom. The van der Waals surface area contributed by atoms with E-state index in [0.29, 0.717) is 6.54 Å². The van der Waals surface area contributed by atoms with Gasteiger partial charge in [0.25, 0.3) is 0 Å². The molecule has 1 N–H and O–H groups in total. The number of rotatable bonds is 8. The molecule has 0 saturated heterocycles. The number of unbranched alkanes of at least 4 members (excludes halogenated alkanes) is 2. The van der Waals surface area contributed by atoms with Crippen LogP contribution in [-0.2, 0) is 13.0 Å². The molecule has 0 bridgehead atoms. The van der Waals surface area contributed by atoms with Crippen LogP contribution in [0.4, 0.5) is 0 Å². The SMILES string of the molecule is CCCCCc1ccc(C#CC(c2ccccc2)N(O)Cc2ccccc2)cc1. The fourth-order valence-corrected chi connectivity index (χ4v) is 3.31. The number of benzene rings is 3. The lowest BCUT2D eigenvalue weighted by Gasteiger charge is -2.22. The second-order valence-corrected chi connectivity index (χ2v) is 7.32. The second kappa shape index (κ2) is 11.2. The van der Waals surface area contributed by atoms with Crippen LogP contribution in [0.25, 0.3) is 0 Å². The van der Waals surface area contributed by atoms with Crippen LogP contribution in [0, 0.1) is 11.8 Å². The van der Waals surface area contributed by atoms with Crippen LogP contribution in [0.5, 0.6) is 0 Å². The van der Waals surface area contributed by atoms with E-state index < -0.39 is 0 Å². The van der Waals surface area contributed by atoms with Gasteiger partial charge in [-0.1, -0.05) is 104 Å². The summed E-state index contributed by atoms with van der Waals surface area (Å²) in [6.45, 7) is 2.65. The van der Waals surface area contributed by atoms with Crippen molar-refractivity contribution in [2.75, 3.05) is 0 Å². The summed E-state index contributed by atoms with van der Waals surface area (Å²) in [5, 5.41) is 12.1. The molecule has 0 fully saturated rings. The van der Waals surface area contributed by atoms with Gasteiger partial charge in [0.15, 0.2) is 0 Å². The third-order valence-corrected chi connectivity index (χ3v) is 4.98. The van der Waals surface area contributed by atoms with Crippen molar-refractivity contribution in [1.29, 1.82) is 0 Å². The van der Waals surface area contributed by atoms with E-state index in [4.69, 9.17) is 0 Å². The van der Waals surface area contributed by atoms with Crippen LogP contribution >= 0.6 is 0 Å². The Bertz CT molecular complexity index is 908. The van der Waals surface area contributed by atoms with Gasteiger partial charge >= 0.3 is 0 Å². The third kappa shape index (κ3) is 6.61. The van der Waals surface area contributed by atoms with E-state index in [9.17, 15) is 5.21 Å². The second-order valence-electron chi connectivity index (χ2n) is 7.32. The van der Waals surface area contributed by atoms with Gasteiger partial charge in [-0.25, -0.2) is 0 Å². The van der Waals surface area contributed by atoms with Crippen molar-refractivity contribution in [2.45, 2.75) is 45.2 Å². The first-order valence-electron chi connectivity index (χ1n) is 10.4. The maximum absolute atomic E-state index is 10.8. The maximum Gasteiger partial charge on any atom is 0.121 e. The number of hydroxylamine groups is 2. The Hall–Kier alpha value is -2.86. The van der Waals surface area contributed by atoms with Gasteiger partial charge in [-0.05, 0) is 41.7 Å². The minimum absolute atomic E-state index is 0.388. The highest BCUT2D eigenvalue weighted by atomic mass is 16.5. The number of hydrogen-bond donors (Lipinski definition) is 1. The topological polar surface area (TPSA) is 23.5 Å². The van der Waals surface area contributed by atoms with Crippen LogP contribution < -0.4 is 0 Å². The molecule has 2 heteroatoms. The predicted octanol–water partition coefficient (Wildman–Crippen LogP) is 6.40. The molecule has 0 amide bonds. The van der Waals surface area contributed by atoms with Gasteiger partial charge < -0.3 is 5.21 Å². The van der Waals surface area contributed by atoms with Crippen LogP contribution in [0.1, 0.15) is 54.5 Å². The van der Waals surface area contributed by atoms with E-state index in [-0.39, 0.29) is 6.04 Å². The summed E-state index contributed by atoms with van der Waals surface area (Å²) in [6.07, 6.45) is 4.87. The predicted molar refractivity (Wildman–Crippen MR) is 120 cm³/mol. The highest BCUT2D eigenvalue weighted by molar-refractivity contribution is 5.39. The highest BCUT2D eigenvalue weighted by Gasteiger charge is 2.16. The molecular formula is C27H29NO. The standard InChI is InChI=1S/C27H29NO/c1-2-3-6-11-23-16-18-24(19-17-23)20-21-27(26-14-9-5-10-15-26)28(29)22-25-12-7-4-8-13-25/h4-5,7-10,12-19,27,29H,2-3,6,11,22H2,1H3. The van der Waals surface area contributed by atoms with Crippen molar-refractivity contribution in [1.82, 2.24) is 5.06 Å². The van der Waals surface area contributed by atoms with Crippen molar-refractivity contribution < 1.29 is 5.21 Å². The molecule has 0 spiro atoms. The lowest BCUT2D eigenvalue weighted by molar-refractivity contribution is -0.121. The minimum Gasteiger partial charge on any atom is -0.312 e. The summed E-state index contributed by atoms with van der Waals surface area (Å²) in [5.41, 5.74) is 4.36. The fourth-order valence-electron chi connectivity index (χ4n) is 3.31. The fraction of sp³-hybridized carbons (Fsp3) is 0.259. The highest BCUT2D eigenvalue weighted by Crippen LogP contribution is 2.20. The van der Waals surface area contributed by atoms with Crippen molar-refractivity contribution in [3.05, 3.63) is 107 Å². The Kier molecular flexibility index (Phi) is 8.07. The first-order valence-corrected chi connectivity index (χ1v) is 10.4. The monoisotopic (exact) mass is 383 g/mol. The summed E-state index contributed by atoms with van der Waals surface area (Å²) < 4.78 is 0. The summed E-state index contributed by atoms with van der Waals surface area (Å²) in [4.78, 5) is 0. The molecule has 0 aliphatic carbocycles. The van der Waals surface area contributed by atoms with Crippen molar-refractivity contribution in [2.24, 2.45) is 0 Å². The largest absolute Gasteiger partial charge is 0.312 e. The number of hydrogen-bond acceptors (Lipinski definition) is 2. The quantitative estimate of drug-likeness (QED) is 0.276. The van der Waals surface area contributed by atoms with Gasteiger partial charge in [-0.2, -0.15) is 5.06 Å². The van der Waals surface area contributed by atoms with E-state index in [2.05, 4.69) is 43.0 Å². The van der Waals surface area contributed by atoms with Crippen molar-refractivity contribution in [3.8, 4) is 11.8 Å². The first-order chi connectivity index (χ1) is 14.3. The average Bonchev–Trinajstić information content (AvgIpc) is 2.76. The van der Waals surface area contributed by atoms with E-state index in [1.807, 2.05) is 60.7 Å². The van der Waals surface area contributed by atoms with Gasteiger partial charge in [0.05, 0.1) is 6.54 Å². The summed E-state index contributed by atoms with van der Waals surface area (Å²) >= 11 is 0. The summed E-state index contributed by atoms with van der Waals surface area (Å²) in [5.74, 6) is 6.52. The van der Waals surface area contributed by atoms with Gasteiger partial charge in [0.1, 0.15) is 6.04 Å². The van der Waals surface area contributed by atoms with Gasteiger partial charge in [-0.3, -0.25) is 0 Å². The molecule has 3 aromatic rings. The lowest BCUT2D eigenvalue weighted by atomic mass is 10.0.